The number of carbonyl (C=O) groups is 1. The van der Waals surface area contributed by atoms with Crippen LogP contribution in [0.15, 0.2) is 12.2 Å². The predicted octanol–water partition coefficient (Wildman–Crippen LogP) is -0.182. The van der Waals surface area contributed by atoms with Crippen LogP contribution in [-0.2, 0) is 14.9 Å². The van der Waals surface area contributed by atoms with E-state index in [2.05, 4.69) is 0 Å². The highest BCUT2D eigenvalue weighted by molar-refractivity contribution is 7.85. The quantitative estimate of drug-likeness (QED) is 0.378. The fourth-order valence-electron chi connectivity index (χ4n) is 1.49. The van der Waals surface area contributed by atoms with Crippen LogP contribution in [0.5, 0.6) is 0 Å². The van der Waals surface area contributed by atoms with Crippen molar-refractivity contribution < 1.29 is 22.2 Å². The SMILES string of the molecule is CC(CCS(=O)(=O)[O-])[N+](C)(C)CCC=CC(N)=O. The van der Waals surface area contributed by atoms with Gasteiger partial charge in [0.2, 0.25) is 5.91 Å². The van der Waals surface area contributed by atoms with Crippen LogP contribution >= 0.6 is 0 Å². The Morgan fingerprint density at radius 2 is 2.00 bits per heavy atom. The van der Waals surface area contributed by atoms with Crippen molar-refractivity contribution >= 4 is 16.0 Å². The molecule has 18 heavy (non-hydrogen) atoms. The van der Waals surface area contributed by atoms with Crippen LogP contribution in [0, 0.1) is 0 Å². The second-order valence-electron chi connectivity index (χ2n) is 5.00. The molecule has 7 heteroatoms. The molecule has 6 nitrogen and oxygen atoms in total. The first-order valence-corrected chi connectivity index (χ1v) is 7.34. The van der Waals surface area contributed by atoms with Crippen LogP contribution in [0.1, 0.15) is 19.8 Å². The van der Waals surface area contributed by atoms with Gasteiger partial charge in [0.05, 0.1) is 36.8 Å². The van der Waals surface area contributed by atoms with Gasteiger partial charge in [0.25, 0.3) is 0 Å². The zero-order valence-electron chi connectivity index (χ0n) is 11.1. The topological polar surface area (TPSA) is 100 Å². The van der Waals surface area contributed by atoms with Gasteiger partial charge >= 0.3 is 0 Å². The van der Waals surface area contributed by atoms with Gasteiger partial charge in [-0.2, -0.15) is 0 Å². The van der Waals surface area contributed by atoms with E-state index in [-0.39, 0.29) is 11.8 Å². The lowest BCUT2D eigenvalue weighted by Crippen LogP contribution is -2.48. The molecule has 0 rings (SSSR count). The summed E-state index contributed by atoms with van der Waals surface area (Å²) in [6, 6.07) is 0.0516. The first-order chi connectivity index (χ1) is 8.04. The molecule has 0 aliphatic heterocycles. The van der Waals surface area contributed by atoms with E-state index in [4.69, 9.17) is 5.73 Å². The normalized spacial score (nSPS) is 14.9. The number of nitrogens with zero attached hydrogens (tertiary/aromatic N) is 1. The highest BCUT2D eigenvalue weighted by atomic mass is 32.2. The van der Waals surface area contributed by atoms with Crippen molar-refractivity contribution in [2.45, 2.75) is 25.8 Å². The van der Waals surface area contributed by atoms with Crippen molar-refractivity contribution in [2.24, 2.45) is 5.73 Å². The second-order valence-corrected chi connectivity index (χ2v) is 6.52. The number of amides is 1. The maximum absolute atomic E-state index is 10.6. The lowest BCUT2D eigenvalue weighted by atomic mass is 10.2. The summed E-state index contributed by atoms with van der Waals surface area (Å²) in [6.07, 6.45) is 4.01. The van der Waals surface area contributed by atoms with Crippen molar-refractivity contribution in [3.05, 3.63) is 12.2 Å². The van der Waals surface area contributed by atoms with Crippen molar-refractivity contribution in [2.75, 3.05) is 26.4 Å². The molecule has 0 aliphatic rings. The van der Waals surface area contributed by atoms with Crippen molar-refractivity contribution in [1.29, 1.82) is 0 Å². The predicted molar refractivity (Wildman–Crippen MR) is 68.6 cm³/mol. The molecular formula is C11H22N2O4S. The maximum atomic E-state index is 10.6. The van der Waals surface area contributed by atoms with E-state index < -0.39 is 16.0 Å². The number of carbonyl (C=O) groups excluding carboxylic acids is 1. The average Bonchev–Trinajstić information content (AvgIpc) is 2.19. The van der Waals surface area contributed by atoms with Gasteiger partial charge in [0.1, 0.15) is 0 Å². The zero-order valence-corrected chi connectivity index (χ0v) is 11.9. The lowest BCUT2D eigenvalue weighted by Gasteiger charge is -2.36. The third-order valence-electron chi connectivity index (χ3n) is 3.13. The van der Waals surface area contributed by atoms with Crippen LogP contribution in [-0.4, -0.2) is 55.8 Å². The van der Waals surface area contributed by atoms with E-state index in [1.54, 1.807) is 6.08 Å². The van der Waals surface area contributed by atoms with Crippen LogP contribution in [0.25, 0.3) is 0 Å². The fraction of sp³-hybridized carbons (Fsp3) is 0.727. The molecule has 0 heterocycles. The molecule has 2 N–H and O–H groups in total. The van der Waals surface area contributed by atoms with Gasteiger partial charge in [-0.3, -0.25) is 4.79 Å². The third kappa shape index (κ3) is 8.21. The van der Waals surface area contributed by atoms with Crippen molar-refractivity contribution in [3.8, 4) is 0 Å². The van der Waals surface area contributed by atoms with Crippen molar-refractivity contribution in [1.82, 2.24) is 0 Å². The summed E-state index contributed by atoms with van der Waals surface area (Å²) in [6.45, 7) is 2.65. The summed E-state index contributed by atoms with van der Waals surface area (Å²) >= 11 is 0. The van der Waals surface area contributed by atoms with Gasteiger partial charge < -0.3 is 14.8 Å². The Labute approximate surface area is 109 Å². The van der Waals surface area contributed by atoms with Crippen LogP contribution < -0.4 is 5.73 Å². The van der Waals surface area contributed by atoms with Crippen LogP contribution in [0.3, 0.4) is 0 Å². The molecule has 0 saturated heterocycles. The Morgan fingerprint density at radius 1 is 1.44 bits per heavy atom. The Kier molecular flexibility index (Phi) is 6.51. The largest absolute Gasteiger partial charge is 0.748 e. The highest BCUT2D eigenvalue weighted by Crippen LogP contribution is 2.12. The number of hydrogen-bond acceptors (Lipinski definition) is 4. The standard InChI is InChI=1S/C11H22N2O4S/c1-10(7-9-18(15,16)17)13(2,3)8-5-4-6-11(12)14/h4,6,10H,5,7-9H2,1-3H3,(H2-,12,14,15,16,17). The molecule has 0 aromatic rings. The van der Waals surface area contributed by atoms with Gasteiger partial charge in [-0.05, 0) is 13.0 Å². The summed E-state index contributed by atoms with van der Waals surface area (Å²) in [5, 5.41) is 0. The van der Waals surface area contributed by atoms with E-state index in [0.717, 1.165) is 6.54 Å². The molecule has 0 fully saturated rings. The fourth-order valence-corrected chi connectivity index (χ4v) is 2.12. The minimum atomic E-state index is -4.15. The number of quaternary nitrogens is 1. The minimum absolute atomic E-state index is 0.0516. The summed E-state index contributed by atoms with van der Waals surface area (Å²) < 4.78 is 32.3. The first kappa shape index (κ1) is 17.1. The molecule has 0 aliphatic carbocycles. The molecule has 106 valence electrons. The summed E-state index contributed by atoms with van der Waals surface area (Å²) in [5.74, 6) is -0.821. The molecule has 0 saturated carbocycles. The van der Waals surface area contributed by atoms with Gasteiger partial charge in [-0.25, -0.2) is 8.42 Å². The number of hydrogen-bond donors (Lipinski definition) is 1. The van der Waals surface area contributed by atoms with Crippen LogP contribution in [0.4, 0.5) is 0 Å². The summed E-state index contributed by atoms with van der Waals surface area (Å²) in [4.78, 5) is 10.5. The van der Waals surface area contributed by atoms with E-state index >= 15 is 0 Å². The lowest BCUT2D eigenvalue weighted by molar-refractivity contribution is -0.912. The summed E-state index contributed by atoms with van der Waals surface area (Å²) in [5.41, 5.74) is 4.97. The van der Waals surface area contributed by atoms with E-state index in [1.807, 2.05) is 21.0 Å². The van der Waals surface area contributed by atoms with Gasteiger partial charge in [-0.1, -0.05) is 6.08 Å². The van der Waals surface area contributed by atoms with E-state index in [0.29, 0.717) is 17.3 Å². The molecule has 0 spiro atoms. The van der Waals surface area contributed by atoms with Crippen LogP contribution in [0.2, 0.25) is 0 Å². The molecule has 0 aromatic carbocycles. The Hall–Kier alpha value is -0.920. The Balaban J connectivity index is 4.22. The number of nitrogens with two attached hydrogens (primary N) is 1. The van der Waals surface area contributed by atoms with Crippen molar-refractivity contribution in [3.63, 3.8) is 0 Å². The van der Waals surface area contributed by atoms with Gasteiger partial charge in [0.15, 0.2) is 0 Å². The molecule has 1 unspecified atom stereocenters. The van der Waals surface area contributed by atoms with E-state index in [9.17, 15) is 17.8 Å². The monoisotopic (exact) mass is 278 g/mol. The smallest absolute Gasteiger partial charge is 0.241 e. The second kappa shape index (κ2) is 6.86. The molecular weight excluding hydrogens is 256 g/mol. The molecule has 0 radical (unpaired) electrons. The highest BCUT2D eigenvalue weighted by Gasteiger charge is 2.23. The average molecular weight is 278 g/mol. The van der Waals surface area contributed by atoms with Gasteiger partial charge in [-0.15, -0.1) is 0 Å². The minimum Gasteiger partial charge on any atom is -0.748 e. The Bertz CT molecular complexity index is 401. The molecule has 0 bridgehead atoms. The number of rotatable bonds is 8. The third-order valence-corrected chi connectivity index (χ3v) is 3.87. The molecule has 1 atom stereocenters. The Morgan fingerprint density at radius 3 is 2.44 bits per heavy atom. The molecule has 0 aromatic heterocycles. The summed E-state index contributed by atoms with van der Waals surface area (Å²) in [7, 11) is -0.234. The van der Waals surface area contributed by atoms with E-state index in [1.165, 1.54) is 6.08 Å². The molecule has 1 amide bonds. The number of primary amides is 1. The zero-order chi connectivity index (χ0) is 14.4. The van der Waals surface area contributed by atoms with Gasteiger partial charge in [0, 0.05) is 18.6 Å². The first-order valence-electron chi connectivity index (χ1n) is 5.77. The maximum Gasteiger partial charge on any atom is 0.241 e.